The smallest absolute Gasteiger partial charge is 0.285 e. The lowest BCUT2D eigenvalue weighted by Gasteiger charge is -2.13. The second-order valence-electron chi connectivity index (χ2n) is 5.43. The van der Waals surface area contributed by atoms with E-state index in [1.165, 1.54) is 21.6 Å². The van der Waals surface area contributed by atoms with E-state index in [1.807, 2.05) is 41.8 Å². The van der Waals surface area contributed by atoms with Crippen LogP contribution in [-0.2, 0) is 11.3 Å². The zero-order chi connectivity index (χ0) is 16.2. The summed E-state index contributed by atoms with van der Waals surface area (Å²) in [5.41, 5.74) is 0.951. The fraction of sp³-hybridized carbons (Fsp3) is 0.235. The van der Waals surface area contributed by atoms with Crippen LogP contribution in [0.4, 0.5) is 0 Å². The van der Waals surface area contributed by atoms with Crippen molar-refractivity contribution in [1.29, 1.82) is 0 Å². The number of nitrogens with zero attached hydrogens (tertiary/aromatic N) is 2. The molecule has 5 nitrogen and oxygen atoms in total. The van der Waals surface area contributed by atoms with Gasteiger partial charge in [-0.1, -0.05) is 37.3 Å². The number of amides is 1. The van der Waals surface area contributed by atoms with Crippen molar-refractivity contribution >= 4 is 27.3 Å². The molecule has 0 saturated carbocycles. The van der Waals surface area contributed by atoms with E-state index >= 15 is 0 Å². The lowest BCUT2D eigenvalue weighted by atomic mass is 10.0. The van der Waals surface area contributed by atoms with Gasteiger partial charge in [0.05, 0.1) is 6.20 Å². The Bertz CT molecular complexity index is 870. The number of hydrogen-bond donors (Lipinski definition) is 1. The first-order chi connectivity index (χ1) is 11.1. The zero-order valence-electron chi connectivity index (χ0n) is 12.7. The fourth-order valence-corrected chi connectivity index (χ4v) is 3.18. The van der Waals surface area contributed by atoms with Gasteiger partial charge in [-0.3, -0.25) is 9.59 Å². The lowest BCUT2D eigenvalue weighted by molar-refractivity contribution is -0.121. The molecule has 0 aliphatic heterocycles. The molecule has 23 heavy (non-hydrogen) atoms. The van der Waals surface area contributed by atoms with Gasteiger partial charge in [0.15, 0.2) is 0 Å². The summed E-state index contributed by atoms with van der Waals surface area (Å²) in [5, 5.41) is 9.58. The first-order valence-electron chi connectivity index (χ1n) is 7.40. The number of carbonyl (C=O) groups is 1. The van der Waals surface area contributed by atoms with Gasteiger partial charge in [-0.25, -0.2) is 4.68 Å². The second kappa shape index (κ2) is 6.75. The Morgan fingerprint density at radius 3 is 2.87 bits per heavy atom. The van der Waals surface area contributed by atoms with E-state index in [0.29, 0.717) is 11.2 Å². The molecule has 0 fully saturated rings. The van der Waals surface area contributed by atoms with Crippen LogP contribution < -0.4 is 10.9 Å². The average molecular weight is 327 g/mol. The number of carbonyl (C=O) groups excluding carboxylic acids is 1. The molecule has 0 aliphatic carbocycles. The highest BCUT2D eigenvalue weighted by Crippen LogP contribution is 2.15. The molecule has 118 valence electrons. The van der Waals surface area contributed by atoms with Crippen LogP contribution in [0, 0.1) is 0 Å². The molecule has 2 aromatic heterocycles. The van der Waals surface area contributed by atoms with Gasteiger partial charge in [-0.15, -0.1) is 11.3 Å². The third-order valence-electron chi connectivity index (χ3n) is 3.73. The van der Waals surface area contributed by atoms with Crippen molar-refractivity contribution in [2.75, 3.05) is 6.54 Å². The number of fused-ring (bicyclic) bond motifs is 1. The fourth-order valence-electron chi connectivity index (χ4n) is 2.37. The van der Waals surface area contributed by atoms with Crippen molar-refractivity contribution in [3.63, 3.8) is 0 Å². The summed E-state index contributed by atoms with van der Waals surface area (Å²) in [4.78, 5) is 24.3. The second-order valence-corrected chi connectivity index (χ2v) is 6.34. The Balaban J connectivity index is 1.62. The van der Waals surface area contributed by atoms with E-state index in [9.17, 15) is 9.59 Å². The molecule has 0 saturated heterocycles. The summed E-state index contributed by atoms with van der Waals surface area (Å²) in [7, 11) is 0. The summed E-state index contributed by atoms with van der Waals surface area (Å²) in [6, 6.07) is 11.8. The Kier molecular flexibility index (Phi) is 4.52. The molecule has 3 aromatic rings. The number of benzene rings is 1. The highest BCUT2D eigenvalue weighted by atomic mass is 32.1. The minimum Gasteiger partial charge on any atom is -0.354 e. The summed E-state index contributed by atoms with van der Waals surface area (Å²) in [6.07, 6.45) is 1.62. The van der Waals surface area contributed by atoms with Crippen LogP contribution in [0.2, 0.25) is 0 Å². The van der Waals surface area contributed by atoms with Crippen molar-refractivity contribution < 1.29 is 4.79 Å². The van der Waals surface area contributed by atoms with Crippen molar-refractivity contribution in [2.45, 2.75) is 19.4 Å². The predicted octanol–water partition coefficient (Wildman–Crippen LogP) is 2.38. The van der Waals surface area contributed by atoms with Gasteiger partial charge in [0.1, 0.15) is 11.2 Å². The van der Waals surface area contributed by atoms with Crippen LogP contribution >= 0.6 is 11.3 Å². The minimum absolute atomic E-state index is 0.0613. The third-order valence-corrected chi connectivity index (χ3v) is 4.65. The topological polar surface area (TPSA) is 64.0 Å². The molecule has 0 bridgehead atoms. The van der Waals surface area contributed by atoms with Crippen LogP contribution in [-0.4, -0.2) is 22.2 Å². The highest BCUT2D eigenvalue weighted by Gasteiger charge is 2.11. The monoisotopic (exact) mass is 327 g/mol. The largest absolute Gasteiger partial charge is 0.354 e. The number of rotatable bonds is 5. The quantitative estimate of drug-likeness (QED) is 0.782. The molecule has 1 atom stereocenters. The van der Waals surface area contributed by atoms with E-state index < -0.39 is 0 Å². The van der Waals surface area contributed by atoms with Gasteiger partial charge in [-0.2, -0.15) is 5.10 Å². The highest BCUT2D eigenvalue weighted by molar-refractivity contribution is 7.17. The molecule has 1 aromatic carbocycles. The lowest BCUT2D eigenvalue weighted by Crippen LogP contribution is -2.35. The van der Waals surface area contributed by atoms with Crippen LogP contribution in [0.3, 0.4) is 0 Å². The van der Waals surface area contributed by atoms with Gasteiger partial charge in [0.25, 0.3) is 5.56 Å². The van der Waals surface area contributed by atoms with Crippen LogP contribution in [0.1, 0.15) is 18.4 Å². The summed E-state index contributed by atoms with van der Waals surface area (Å²) < 4.78 is 1.84. The molecular weight excluding hydrogens is 310 g/mol. The Morgan fingerprint density at radius 1 is 1.30 bits per heavy atom. The average Bonchev–Trinajstić information content (AvgIpc) is 3.05. The molecule has 0 spiro atoms. The summed E-state index contributed by atoms with van der Waals surface area (Å²) in [5.74, 6) is 0.00268. The normalized spacial score (nSPS) is 12.2. The van der Waals surface area contributed by atoms with Crippen LogP contribution in [0.25, 0.3) is 10.1 Å². The molecule has 3 rings (SSSR count). The van der Waals surface area contributed by atoms with E-state index in [1.54, 1.807) is 6.20 Å². The SMILES string of the molecule is C[C@H](CNC(=O)Cn1ncc2ccsc2c1=O)c1ccccc1. The number of aromatic nitrogens is 2. The molecule has 0 unspecified atom stereocenters. The number of nitrogens with one attached hydrogen (secondary N) is 1. The van der Waals surface area contributed by atoms with Gasteiger partial charge in [0.2, 0.25) is 5.91 Å². The maximum atomic E-state index is 12.2. The van der Waals surface area contributed by atoms with Crippen LogP contribution in [0.15, 0.2) is 52.8 Å². The standard InChI is InChI=1S/C17H17N3O2S/c1-12(13-5-3-2-4-6-13)9-18-15(21)11-20-17(22)16-14(10-19-20)7-8-23-16/h2-8,10,12H,9,11H2,1H3,(H,18,21)/t12-/m1/s1. The maximum Gasteiger partial charge on any atom is 0.285 e. The van der Waals surface area contributed by atoms with Crippen molar-refractivity contribution in [1.82, 2.24) is 15.1 Å². The number of thiophene rings is 1. The van der Waals surface area contributed by atoms with Crippen LogP contribution in [0.5, 0.6) is 0 Å². The molecule has 6 heteroatoms. The minimum atomic E-state index is -0.219. The van der Waals surface area contributed by atoms with E-state index in [4.69, 9.17) is 0 Å². The number of hydrogen-bond acceptors (Lipinski definition) is 4. The van der Waals surface area contributed by atoms with E-state index in [2.05, 4.69) is 17.3 Å². The third kappa shape index (κ3) is 3.48. The van der Waals surface area contributed by atoms with E-state index in [-0.39, 0.29) is 23.9 Å². The molecule has 0 aliphatic rings. The molecule has 1 N–H and O–H groups in total. The van der Waals surface area contributed by atoms with Gasteiger partial charge in [0, 0.05) is 11.9 Å². The Morgan fingerprint density at radius 2 is 2.09 bits per heavy atom. The first-order valence-corrected chi connectivity index (χ1v) is 8.28. The van der Waals surface area contributed by atoms with Gasteiger partial charge in [-0.05, 0) is 22.9 Å². The first kappa shape index (κ1) is 15.4. The Labute approximate surface area is 137 Å². The van der Waals surface area contributed by atoms with Crippen molar-refractivity contribution in [2.24, 2.45) is 0 Å². The molecule has 2 heterocycles. The Hall–Kier alpha value is -2.47. The van der Waals surface area contributed by atoms with Crippen molar-refractivity contribution in [3.05, 3.63) is 63.9 Å². The predicted molar refractivity (Wildman–Crippen MR) is 91.7 cm³/mol. The van der Waals surface area contributed by atoms with Gasteiger partial charge >= 0.3 is 0 Å². The van der Waals surface area contributed by atoms with Crippen molar-refractivity contribution in [3.8, 4) is 0 Å². The molecule has 0 radical (unpaired) electrons. The maximum absolute atomic E-state index is 12.2. The van der Waals surface area contributed by atoms with E-state index in [0.717, 1.165) is 5.39 Å². The summed E-state index contributed by atoms with van der Waals surface area (Å²) in [6.45, 7) is 2.52. The zero-order valence-corrected chi connectivity index (χ0v) is 13.5. The summed E-state index contributed by atoms with van der Waals surface area (Å²) >= 11 is 1.37. The van der Waals surface area contributed by atoms with Gasteiger partial charge < -0.3 is 5.32 Å². The molecule has 1 amide bonds. The molecular formula is C17H17N3O2S.